The molecule has 3 rings (SSSR count). The van der Waals surface area contributed by atoms with E-state index < -0.39 is 49.1 Å². The second-order valence-electron chi connectivity index (χ2n) is 5.55. The van der Waals surface area contributed by atoms with Crippen LogP contribution in [0.15, 0.2) is 36.8 Å². The summed E-state index contributed by atoms with van der Waals surface area (Å²) in [6.45, 7) is 7.35. The van der Waals surface area contributed by atoms with Gasteiger partial charge in [-0.2, -0.15) is 0 Å². The summed E-state index contributed by atoms with van der Waals surface area (Å²) in [6.07, 6.45) is -1.30. The smallest absolute Gasteiger partial charge is 0.398 e. The Kier molecular flexibility index (Phi) is 1.76. The molecular formula is C14H18BN3O2. The summed E-state index contributed by atoms with van der Waals surface area (Å²) in [6, 6.07) is -1.19. The molecule has 1 saturated heterocycles. The highest BCUT2D eigenvalue weighted by atomic mass is 16.7. The minimum Gasteiger partial charge on any atom is -0.398 e. The molecule has 104 valence electrons. The van der Waals surface area contributed by atoms with Gasteiger partial charge in [-0.3, -0.25) is 4.57 Å². The lowest BCUT2D eigenvalue weighted by Crippen LogP contribution is -2.41. The van der Waals surface area contributed by atoms with Crippen molar-refractivity contribution >= 4 is 12.7 Å². The van der Waals surface area contributed by atoms with E-state index >= 15 is 0 Å². The molecule has 0 radical (unpaired) electrons. The zero-order valence-electron chi connectivity index (χ0n) is 17.7. The van der Waals surface area contributed by atoms with Gasteiger partial charge in [-0.1, -0.05) is 6.04 Å². The van der Waals surface area contributed by atoms with Crippen LogP contribution >= 0.6 is 0 Å². The Morgan fingerprint density at radius 2 is 1.90 bits per heavy atom. The van der Waals surface area contributed by atoms with Crippen LogP contribution in [0, 0.1) is 0 Å². The molecule has 3 heterocycles. The second kappa shape index (κ2) is 4.43. The van der Waals surface area contributed by atoms with Crippen molar-refractivity contribution in [2.24, 2.45) is 0 Å². The Bertz CT molecular complexity index is 886. The Labute approximate surface area is 127 Å². The van der Waals surface area contributed by atoms with Gasteiger partial charge in [-0.05, 0) is 39.8 Å². The molecule has 20 heavy (non-hydrogen) atoms. The second-order valence-corrected chi connectivity index (χ2v) is 5.55. The molecule has 0 amide bonds. The fourth-order valence-corrected chi connectivity index (χ4v) is 1.77. The van der Waals surface area contributed by atoms with Crippen LogP contribution in [-0.2, 0) is 9.31 Å². The lowest BCUT2D eigenvalue weighted by molar-refractivity contribution is 0.00578. The van der Waals surface area contributed by atoms with E-state index in [1.165, 1.54) is 0 Å². The van der Waals surface area contributed by atoms with Crippen molar-refractivity contribution in [2.45, 2.75) is 38.9 Å². The monoisotopic (exact) mass is 277 g/mol. The van der Waals surface area contributed by atoms with Gasteiger partial charge in [0.05, 0.1) is 23.6 Å². The highest BCUT2D eigenvalue weighted by molar-refractivity contribution is 6.61. The normalized spacial score (nSPS) is 24.5. The molecule has 5 nitrogen and oxygen atoms in total. The van der Waals surface area contributed by atoms with Gasteiger partial charge in [0.1, 0.15) is 13.5 Å². The molecule has 0 N–H and O–H groups in total. The molecule has 2 aromatic rings. The molecule has 1 aliphatic rings. The molecule has 1 fully saturated rings. The van der Waals surface area contributed by atoms with Crippen molar-refractivity contribution in [3.05, 3.63) is 36.8 Å². The maximum absolute atomic E-state index is 8.15. The summed E-state index contributed by atoms with van der Waals surface area (Å²) in [5.41, 5.74) is -1.38. The molecule has 1 aliphatic heterocycles. The number of aromatic nitrogens is 3. The molecule has 6 heteroatoms. The Morgan fingerprint density at radius 1 is 1.20 bits per heavy atom. The van der Waals surface area contributed by atoms with E-state index in [2.05, 4.69) is 9.97 Å². The van der Waals surface area contributed by atoms with Crippen molar-refractivity contribution in [2.75, 3.05) is 0 Å². The fourth-order valence-electron chi connectivity index (χ4n) is 1.77. The summed E-state index contributed by atoms with van der Waals surface area (Å²) < 4.78 is 60.2. The van der Waals surface area contributed by atoms with Crippen LogP contribution in [0.1, 0.15) is 35.9 Å². The molecule has 0 spiro atoms. The first-order valence-corrected chi connectivity index (χ1v) is 6.23. The zero-order chi connectivity index (χ0) is 19.6. The molecule has 2 aromatic heterocycles. The first-order valence-electron chi connectivity index (χ1n) is 9.23. The number of hydrogen-bond acceptors (Lipinski definition) is 4. The molecule has 0 atom stereocenters. The summed E-state index contributed by atoms with van der Waals surface area (Å²) in [7, 11) is -1.03. The maximum Gasteiger partial charge on any atom is 0.514 e. The standard InChI is InChI=1S/C14H18BN3O2/c1-13(2)14(3,4)20-15(19-13)11-6-5-7-12(17-11)18-9-8-16-10-18/h5-10H,1-4H3/i5D,6D,7D,8D,9D,10D. The van der Waals surface area contributed by atoms with Crippen LogP contribution < -0.4 is 5.59 Å². The van der Waals surface area contributed by atoms with E-state index in [1.807, 2.05) is 27.7 Å². The van der Waals surface area contributed by atoms with Crippen LogP contribution in [-0.4, -0.2) is 32.9 Å². The van der Waals surface area contributed by atoms with Crippen molar-refractivity contribution in [3.63, 3.8) is 0 Å². The predicted molar refractivity (Wildman–Crippen MR) is 77.1 cm³/mol. The van der Waals surface area contributed by atoms with Crippen LogP contribution in [0.2, 0.25) is 0 Å². The molecule has 0 aromatic carbocycles. The van der Waals surface area contributed by atoms with Gasteiger partial charge in [0.15, 0.2) is 0 Å². The maximum atomic E-state index is 8.15. The number of imidazole rings is 1. The third-order valence-corrected chi connectivity index (χ3v) is 3.65. The predicted octanol–water partition coefficient (Wildman–Crippen LogP) is 1.57. The highest BCUT2D eigenvalue weighted by Gasteiger charge is 2.52. The van der Waals surface area contributed by atoms with E-state index in [9.17, 15) is 0 Å². The van der Waals surface area contributed by atoms with Crippen LogP contribution in [0.25, 0.3) is 5.82 Å². The van der Waals surface area contributed by atoms with E-state index in [0.717, 1.165) is 4.57 Å². The van der Waals surface area contributed by atoms with E-state index in [1.54, 1.807) is 0 Å². The fraction of sp³-hybridized carbons (Fsp3) is 0.429. The van der Waals surface area contributed by atoms with Crippen LogP contribution in [0.4, 0.5) is 0 Å². The number of nitrogens with zero attached hydrogens (tertiary/aromatic N) is 3. The SMILES string of the molecule is [2H]c1nc([2H])n(-c2nc(B3OC(C)(C)C(C)(C)O3)c([2H])c([2H])c2[2H])c1[2H]. The van der Waals surface area contributed by atoms with Gasteiger partial charge in [0.2, 0.25) is 0 Å². The van der Waals surface area contributed by atoms with Crippen molar-refractivity contribution < 1.29 is 17.5 Å². The Hall–Kier alpha value is -1.66. The van der Waals surface area contributed by atoms with Crippen molar-refractivity contribution in [1.29, 1.82) is 0 Å². The van der Waals surface area contributed by atoms with Crippen molar-refractivity contribution in [3.8, 4) is 5.82 Å². The van der Waals surface area contributed by atoms with E-state index in [0.29, 0.717) is 0 Å². The molecule has 0 bridgehead atoms. The third-order valence-electron chi connectivity index (χ3n) is 3.65. The number of rotatable bonds is 2. The first kappa shape index (κ1) is 7.95. The molecular weight excluding hydrogens is 253 g/mol. The first-order chi connectivity index (χ1) is 11.9. The van der Waals surface area contributed by atoms with Crippen LogP contribution in [0.3, 0.4) is 0 Å². The summed E-state index contributed by atoms with van der Waals surface area (Å²) in [5.74, 6) is -0.225. The summed E-state index contributed by atoms with van der Waals surface area (Å²) in [4.78, 5) is 7.77. The van der Waals surface area contributed by atoms with Gasteiger partial charge in [0, 0.05) is 12.3 Å². The Balaban J connectivity index is 2.19. The molecule has 0 saturated carbocycles. The van der Waals surface area contributed by atoms with Crippen LogP contribution in [0.5, 0.6) is 0 Å². The lowest BCUT2D eigenvalue weighted by atomic mass is 9.84. The number of pyridine rings is 1. The number of hydrogen-bond donors (Lipinski definition) is 0. The van der Waals surface area contributed by atoms with Gasteiger partial charge in [-0.15, -0.1) is 0 Å². The van der Waals surface area contributed by atoms with Gasteiger partial charge >= 0.3 is 7.12 Å². The van der Waals surface area contributed by atoms with Gasteiger partial charge < -0.3 is 9.31 Å². The largest absolute Gasteiger partial charge is 0.514 e. The molecule has 0 aliphatic carbocycles. The van der Waals surface area contributed by atoms with Gasteiger partial charge in [0.25, 0.3) is 0 Å². The van der Waals surface area contributed by atoms with Crippen molar-refractivity contribution in [1.82, 2.24) is 14.5 Å². The summed E-state index contributed by atoms with van der Waals surface area (Å²) >= 11 is 0. The quantitative estimate of drug-likeness (QED) is 0.782. The molecule has 0 unspecified atom stereocenters. The average molecular weight is 277 g/mol. The highest BCUT2D eigenvalue weighted by Crippen LogP contribution is 2.36. The van der Waals surface area contributed by atoms with E-state index in [4.69, 9.17) is 17.5 Å². The minimum atomic E-state index is -1.03. The minimum absolute atomic E-state index is 0.0151. The Morgan fingerprint density at radius 3 is 2.50 bits per heavy atom. The lowest BCUT2D eigenvalue weighted by Gasteiger charge is -2.32. The van der Waals surface area contributed by atoms with Gasteiger partial charge in [-0.25, -0.2) is 9.97 Å². The topological polar surface area (TPSA) is 49.2 Å². The third kappa shape index (κ3) is 2.15. The average Bonchev–Trinajstić information content (AvgIpc) is 2.89. The zero-order valence-corrected chi connectivity index (χ0v) is 11.7. The van der Waals surface area contributed by atoms with E-state index in [-0.39, 0.29) is 17.5 Å². The summed E-state index contributed by atoms with van der Waals surface area (Å²) in [5, 5.41) is 0.